The van der Waals surface area contributed by atoms with E-state index in [4.69, 9.17) is 5.73 Å². The average Bonchev–Trinajstić information content (AvgIpc) is 2.16. The highest BCUT2D eigenvalue weighted by molar-refractivity contribution is 7.85. The molecule has 0 radical (unpaired) electrons. The summed E-state index contributed by atoms with van der Waals surface area (Å²) in [5.74, 6) is 1.49. The number of hydrogen-bond donors (Lipinski definition) is 1. The van der Waals surface area contributed by atoms with Crippen molar-refractivity contribution in [3.63, 3.8) is 0 Å². The van der Waals surface area contributed by atoms with Gasteiger partial charge in [0.25, 0.3) is 0 Å². The van der Waals surface area contributed by atoms with Gasteiger partial charge < -0.3 is 5.73 Å². The molecule has 0 bridgehead atoms. The molecule has 1 fully saturated rings. The number of rotatable bonds is 3. The van der Waals surface area contributed by atoms with Crippen molar-refractivity contribution in [2.24, 2.45) is 17.1 Å². The van der Waals surface area contributed by atoms with Crippen LogP contribution in [0.1, 0.15) is 53.4 Å². The molecule has 0 aliphatic heterocycles. The highest BCUT2D eigenvalue weighted by Gasteiger charge is 2.36. The molecule has 0 saturated heterocycles. The Labute approximate surface area is 103 Å². The minimum atomic E-state index is -0.717. The maximum Gasteiger partial charge on any atom is 0.0501 e. The van der Waals surface area contributed by atoms with Crippen molar-refractivity contribution in [1.29, 1.82) is 0 Å². The van der Waals surface area contributed by atoms with Gasteiger partial charge in [-0.1, -0.05) is 27.7 Å². The molecule has 4 atom stereocenters. The lowest BCUT2D eigenvalue weighted by Crippen LogP contribution is -2.45. The Kier molecular flexibility index (Phi) is 4.99. The predicted octanol–water partition coefficient (Wildman–Crippen LogP) is 2.69. The lowest BCUT2D eigenvalue weighted by molar-refractivity contribution is 0.173. The van der Waals surface area contributed by atoms with E-state index >= 15 is 0 Å². The Balaban J connectivity index is 2.65. The second-order valence-corrected chi connectivity index (χ2v) is 7.94. The van der Waals surface area contributed by atoms with E-state index in [0.29, 0.717) is 11.3 Å². The van der Waals surface area contributed by atoms with E-state index in [-0.39, 0.29) is 11.3 Å². The standard InChI is InChI=1S/C13H27NOS/c1-5-8-16(15)12-9-10(13(2,3)4)6-7-11(12)14/h10-12H,5-9,14H2,1-4H3. The van der Waals surface area contributed by atoms with Crippen LogP contribution in [-0.4, -0.2) is 21.3 Å². The van der Waals surface area contributed by atoms with Crippen LogP contribution in [0.15, 0.2) is 0 Å². The monoisotopic (exact) mass is 245 g/mol. The molecule has 4 unspecified atom stereocenters. The molecule has 16 heavy (non-hydrogen) atoms. The van der Waals surface area contributed by atoms with Crippen molar-refractivity contribution in [1.82, 2.24) is 0 Å². The van der Waals surface area contributed by atoms with Crippen molar-refractivity contribution >= 4 is 10.8 Å². The average molecular weight is 245 g/mol. The van der Waals surface area contributed by atoms with E-state index in [1.54, 1.807) is 0 Å². The highest BCUT2D eigenvalue weighted by atomic mass is 32.2. The summed E-state index contributed by atoms with van der Waals surface area (Å²) in [6.07, 6.45) is 4.29. The van der Waals surface area contributed by atoms with E-state index in [9.17, 15) is 4.21 Å². The molecule has 2 N–H and O–H groups in total. The molecule has 0 aromatic heterocycles. The fourth-order valence-corrected chi connectivity index (χ4v) is 4.27. The van der Waals surface area contributed by atoms with Crippen LogP contribution in [0.5, 0.6) is 0 Å². The molecule has 3 heteroatoms. The van der Waals surface area contributed by atoms with Gasteiger partial charge in [0.1, 0.15) is 0 Å². The molecule has 0 spiro atoms. The van der Waals surface area contributed by atoms with Crippen LogP contribution in [0.2, 0.25) is 0 Å². The van der Waals surface area contributed by atoms with Gasteiger partial charge in [-0.3, -0.25) is 4.21 Å². The summed E-state index contributed by atoms with van der Waals surface area (Å²) in [6, 6.07) is 0.158. The molecule has 0 aromatic rings. The van der Waals surface area contributed by atoms with E-state index in [0.717, 1.165) is 25.0 Å². The van der Waals surface area contributed by atoms with Gasteiger partial charge in [0.05, 0.1) is 5.25 Å². The van der Waals surface area contributed by atoms with Gasteiger partial charge >= 0.3 is 0 Å². The molecule has 0 amide bonds. The summed E-state index contributed by atoms with van der Waals surface area (Å²) in [6.45, 7) is 8.95. The van der Waals surface area contributed by atoms with Crippen LogP contribution in [0.25, 0.3) is 0 Å². The first-order valence-electron chi connectivity index (χ1n) is 6.49. The smallest absolute Gasteiger partial charge is 0.0501 e. The largest absolute Gasteiger partial charge is 0.327 e. The minimum absolute atomic E-state index is 0.158. The second-order valence-electron chi connectivity index (χ2n) is 6.16. The SMILES string of the molecule is CCCS(=O)C1CC(C(C)(C)C)CCC1N. The van der Waals surface area contributed by atoms with Gasteiger partial charge in [-0.15, -0.1) is 0 Å². The third kappa shape index (κ3) is 3.56. The Bertz CT molecular complexity index is 247. The summed E-state index contributed by atoms with van der Waals surface area (Å²) in [7, 11) is -0.717. The first-order chi connectivity index (χ1) is 7.36. The Morgan fingerprint density at radius 2 is 1.94 bits per heavy atom. The molecular weight excluding hydrogens is 218 g/mol. The highest BCUT2D eigenvalue weighted by Crippen LogP contribution is 2.38. The van der Waals surface area contributed by atoms with Crippen molar-refractivity contribution in [2.45, 2.75) is 64.7 Å². The zero-order valence-electron chi connectivity index (χ0n) is 11.2. The number of hydrogen-bond acceptors (Lipinski definition) is 2. The quantitative estimate of drug-likeness (QED) is 0.831. The normalized spacial score (nSPS) is 33.7. The van der Waals surface area contributed by atoms with Crippen molar-refractivity contribution < 1.29 is 4.21 Å². The third-order valence-corrected chi connectivity index (χ3v) is 5.84. The molecule has 0 heterocycles. The summed E-state index contributed by atoms with van der Waals surface area (Å²) < 4.78 is 12.1. The van der Waals surface area contributed by atoms with Crippen LogP contribution in [-0.2, 0) is 10.8 Å². The zero-order chi connectivity index (χ0) is 12.3. The van der Waals surface area contributed by atoms with Crippen LogP contribution in [0.3, 0.4) is 0 Å². The molecule has 96 valence electrons. The second kappa shape index (κ2) is 5.63. The van der Waals surface area contributed by atoms with E-state index in [1.165, 1.54) is 6.42 Å². The van der Waals surface area contributed by atoms with E-state index < -0.39 is 10.8 Å². The van der Waals surface area contributed by atoms with Crippen molar-refractivity contribution in [2.75, 3.05) is 5.75 Å². The maximum atomic E-state index is 12.1. The first kappa shape index (κ1) is 14.2. The fourth-order valence-electron chi connectivity index (χ4n) is 2.59. The molecule has 2 nitrogen and oxygen atoms in total. The fraction of sp³-hybridized carbons (Fsp3) is 1.00. The minimum Gasteiger partial charge on any atom is -0.327 e. The predicted molar refractivity (Wildman–Crippen MR) is 71.9 cm³/mol. The Morgan fingerprint density at radius 3 is 2.44 bits per heavy atom. The lowest BCUT2D eigenvalue weighted by Gasteiger charge is -2.40. The first-order valence-corrected chi connectivity index (χ1v) is 7.87. The van der Waals surface area contributed by atoms with Gasteiger partial charge in [0.15, 0.2) is 0 Å². The lowest BCUT2D eigenvalue weighted by atomic mass is 9.71. The molecule has 1 saturated carbocycles. The summed E-state index contributed by atoms with van der Waals surface area (Å²) in [5, 5.41) is 0.234. The molecular formula is C13H27NOS. The zero-order valence-corrected chi connectivity index (χ0v) is 12.0. The van der Waals surface area contributed by atoms with Crippen LogP contribution >= 0.6 is 0 Å². The Morgan fingerprint density at radius 1 is 1.31 bits per heavy atom. The van der Waals surface area contributed by atoms with Gasteiger partial charge in [0.2, 0.25) is 0 Å². The molecule has 1 rings (SSSR count). The van der Waals surface area contributed by atoms with Gasteiger partial charge in [-0.2, -0.15) is 0 Å². The van der Waals surface area contributed by atoms with Gasteiger partial charge in [-0.05, 0) is 37.0 Å². The van der Waals surface area contributed by atoms with Crippen molar-refractivity contribution in [3.8, 4) is 0 Å². The summed E-state index contributed by atoms with van der Waals surface area (Å²) in [5.41, 5.74) is 6.45. The third-order valence-electron chi connectivity index (χ3n) is 3.81. The summed E-state index contributed by atoms with van der Waals surface area (Å²) >= 11 is 0. The van der Waals surface area contributed by atoms with E-state index in [1.807, 2.05) is 0 Å². The van der Waals surface area contributed by atoms with Crippen LogP contribution < -0.4 is 5.73 Å². The topological polar surface area (TPSA) is 43.1 Å². The van der Waals surface area contributed by atoms with Crippen LogP contribution in [0, 0.1) is 11.3 Å². The van der Waals surface area contributed by atoms with E-state index in [2.05, 4.69) is 27.7 Å². The summed E-state index contributed by atoms with van der Waals surface area (Å²) in [4.78, 5) is 0. The molecule has 0 aromatic carbocycles. The van der Waals surface area contributed by atoms with Gasteiger partial charge in [0, 0.05) is 22.6 Å². The Hall–Kier alpha value is 0.110. The molecule has 1 aliphatic carbocycles. The molecule has 1 aliphatic rings. The van der Waals surface area contributed by atoms with Crippen molar-refractivity contribution in [3.05, 3.63) is 0 Å². The van der Waals surface area contributed by atoms with Crippen LogP contribution in [0.4, 0.5) is 0 Å². The maximum absolute atomic E-state index is 12.1. The van der Waals surface area contributed by atoms with Gasteiger partial charge in [-0.25, -0.2) is 0 Å². The number of nitrogens with two attached hydrogens (primary N) is 1.